The van der Waals surface area contributed by atoms with Gasteiger partial charge in [-0.3, -0.25) is 4.79 Å². The van der Waals surface area contributed by atoms with Gasteiger partial charge in [0.2, 0.25) is 0 Å². The van der Waals surface area contributed by atoms with Crippen molar-refractivity contribution in [3.8, 4) is 6.07 Å². The van der Waals surface area contributed by atoms with Crippen molar-refractivity contribution >= 4 is 40.6 Å². The number of hydrogen-bond acceptors (Lipinski definition) is 6. The quantitative estimate of drug-likeness (QED) is 0.552. The predicted octanol–water partition coefficient (Wildman–Crippen LogP) is 3.56. The summed E-state index contributed by atoms with van der Waals surface area (Å²) in [5, 5.41) is 13.0. The number of nitriles is 1. The Morgan fingerprint density at radius 2 is 1.59 bits per heavy atom. The minimum atomic E-state index is -0.471. The second-order valence-electron chi connectivity index (χ2n) is 7.58. The Hall–Kier alpha value is -3.05. The summed E-state index contributed by atoms with van der Waals surface area (Å²) in [7, 11) is 0. The second kappa shape index (κ2) is 10.5. The van der Waals surface area contributed by atoms with Gasteiger partial charge in [-0.1, -0.05) is 23.7 Å². The molecule has 4 rings (SSSR count). The highest BCUT2D eigenvalue weighted by molar-refractivity contribution is 6.31. The average molecular weight is 453 g/mol. The number of morpholine rings is 2. The van der Waals surface area contributed by atoms with E-state index in [1.165, 1.54) is 0 Å². The lowest BCUT2D eigenvalue weighted by Crippen LogP contribution is -2.36. The third-order valence-electron chi connectivity index (χ3n) is 5.50. The molecule has 2 heterocycles. The summed E-state index contributed by atoms with van der Waals surface area (Å²) in [5.74, 6) is -0.471. The van der Waals surface area contributed by atoms with Crippen molar-refractivity contribution in [1.29, 1.82) is 5.26 Å². The van der Waals surface area contributed by atoms with Crippen molar-refractivity contribution in [2.24, 2.45) is 0 Å². The summed E-state index contributed by atoms with van der Waals surface area (Å²) in [6, 6.07) is 15.2. The first-order valence-electron chi connectivity index (χ1n) is 10.6. The standard InChI is InChI=1S/C24H25ClN4O3/c25-20-3-6-23(29-9-13-32-14-10-29)22(16-20)27-24(30)19(17-26)15-18-1-4-21(5-2-18)28-7-11-31-12-8-28/h1-6,15-16H,7-14H2,(H,27,30)/b19-15+. The summed E-state index contributed by atoms with van der Waals surface area (Å²) in [4.78, 5) is 17.3. The van der Waals surface area contributed by atoms with Crippen molar-refractivity contribution < 1.29 is 14.3 Å². The molecule has 0 saturated carbocycles. The normalized spacial score (nSPS) is 17.1. The van der Waals surface area contributed by atoms with Gasteiger partial charge in [-0.2, -0.15) is 5.26 Å². The SMILES string of the molecule is N#C/C(=C\c1ccc(N2CCOCC2)cc1)C(=O)Nc1cc(Cl)ccc1N1CCOCC1. The Labute approximate surface area is 192 Å². The number of benzene rings is 2. The van der Waals surface area contributed by atoms with Crippen LogP contribution in [0, 0.1) is 11.3 Å². The van der Waals surface area contributed by atoms with E-state index < -0.39 is 5.91 Å². The van der Waals surface area contributed by atoms with Gasteiger partial charge >= 0.3 is 0 Å². The summed E-state index contributed by atoms with van der Waals surface area (Å²) in [5.41, 5.74) is 3.35. The fraction of sp³-hybridized carbons (Fsp3) is 0.333. The predicted molar refractivity (Wildman–Crippen MR) is 126 cm³/mol. The molecule has 1 amide bonds. The summed E-state index contributed by atoms with van der Waals surface area (Å²) < 4.78 is 10.8. The minimum absolute atomic E-state index is 0.0250. The topological polar surface area (TPSA) is 77.8 Å². The number of nitrogens with zero attached hydrogens (tertiary/aromatic N) is 3. The third-order valence-corrected chi connectivity index (χ3v) is 5.74. The molecule has 2 aromatic rings. The van der Waals surface area contributed by atoms with E-state index in [-0.39, 0.29) is 5.57 Å². The monoisotopic (exact) mass is 452 g/mol. The number of carbonyl (C=O) groups excluding carboxylic acids is 1. The third kappa shape index (κ3) is 5.40. The molecule has 7 nitrogen and oxygen atoms in total. The van der Waals surface area contributed by atoms with E-state index >= 15 is 0 Å². The van der Waals surface area contributed by atoms with Gasteiger partial charge in [-0.15, -0.1) is 0 Å². The Morgan fingerprint density at radius 3 is 2.22 bits per heavy atom. The molecule has 0 aromatic heterocycles. The van der Waals surface area contributed by atoms with Gasteiger partial charge in [0.1, 0.15) is 11.6 Å². The fourth-order valence-corrected chi connectivity index (χ4v) is 3.97. The molecular weight excluding hydrogens is 428 g/mol. The van der Waals surface area contributed by atoms with Gasteiger partial charge in [0.15, 0.2) is 0 Å². The maximum Gasteiger partial charge on any atom is 0.266 e. The molecule has 2 aromatic carbocycles. The first kappa shape index (κ1) is 22.2. The van der Waals surface area contributed by atoms with Gasteiger partial charge in [0, 0.05) is 36.9 Å². The van der Waals surface area contributed by atoms with E-state index in [1.807, 2.05) is 36.4 Å². The van der Waals surface area contributed by atoms with Crippen LogP contribution in [0.1, 0.15) is 5.56 Å². The highest BCUT2D eigenvalue weighted by Crippen LogP contribution is 2.30. The lowest BCUT2D eigenvalue weighted by Gasteiger charge is -2.30. The highest BCUT2D eigenvalue weighted by Gasteiger charge is 2.18. The molecule has 0 aliphatic carbocycles. The van der Waals surface area contributed by atoms with E-state index in [9.17, 15) is 10.1 Å². The van der Waals surface area contributed by atoms with E-state index in [4.69, 9.17) is 21.1 Å². The van der Waals surface area contributed by atoms with Crippen LogP contribution in [0.5, 0.6) is 0 Å². The fourth-order valence-electron chi connectivity index (χ4n) is 3.80. The Morgan fingerprint density at radius 1 is 0.969 bits per heavy atom. The van der Waals surface area contributed by atoms with Crippen LogP contribution in [-0.4, -0.2) is 58.5 Å². The molecule has 8 heteroatoms. The zero-order chi connectivity index (χ0) is 22.3. The van der Waals surface area contributed by atoms with Gasteiger partial charge in [0.05, 0.1) is 37.8 Å². The molecular formula is C24H25ClN4O3. The lowest BCUT2D eigenvalue weighted by atomic mass is 10.1. The molecule has 166 valence electrons. The zero-order valence-electron chi connectivity index (χ0n) is 17.7. The maximum atomic E-state index is 12.9. The molecule has 0 atom stereocenters. The van der Waals surface area contributed by atoms with E-state index in [2.05, 4.69) is 15.1 Å². The van der Waals surface area contributed by atoms with E-state index in [0.717, 1.165) is 56.3 Å². The van der Waals surface area contributed by atoms with E-state index in [1.54, 1.807) is 18.2 Å². The molecule has 0 radical (unpaired) electrons. The molecule has 2 fully saturated rings. The summed E-state index contributed by atoms with van der Waals surface area (Å²) >= 11 is 6.18. The maximum absolute atomic E-state index is 12.9. The van der Waals surface area contributed by atoms with Crippen LogP contribution in [0.2, 0.25) is 5.02 Å². The number of rotatable bonds is 5. The number of anilines is 3. The van der Waals surface area contributed by atoms with Crippen LogP contribution in [-0.2, 0) is 14.3 Å². The lowest BCUT2D eigenvalue weighted by molar-refractivity contribution is -0.112. The first-order valence-corrected chi connectivity index (χ1v) is 11.0. The van der Waals surface area contributed by atoms with Crippen LogP contribution in [0.3, 0.4) is 0 Å². The Bertz CT molecular complexity index is 1020. The van der Waals surface area contributed by atoms with Crippen LogP contribution in [0.25, 0.3) is 6.08 Å². The average Bonchev–Trinajstić information content (AvgIpc) is 2.84. The van der Waals surface area contributed by atoms with Gasteiger partial charge in [0.25, 0.3) is 5.91 Å². The molecule has 2 aliphatic heterocycles. The molecule has 0 bridgehead atoms. The van der Waals surface area contributed by atoms with Gasteiger partial charge in [-0.25, -0.2) is 0 Å². The van der Waals surface area contributed by atoms with Crippen molar-refractivity contribution in [2.75, 3.05) is 67.7 Å². The van der Waals surface area contributed by atoms with Crippen LogP contribution < -0.4 is 15.1 Å². The number of halogens is 1. The molecule has 0 spiro atoms. The number of nitrogens with one attached hydrogen (secondary N) is 1. The molecule has 0 unspecified atom stereocenters. The van der Waals surface area contributed by atoms with Gasteiger partial charge < -0.3 is 24.6 Å². The largest absolute Gasteiger partial charge is 0.378 e. The van der Waals surface area contributed by atoms with Crippen LogP contribution >= 0.6 is 11.6 Å². The second-order valence-corrected chi connectivity index (χ2v) is 8.01. The smallest absolute Gasteiger partial charge is 0.266 e. The van der Waals surface area contributed by atoms with Crippen LogP contribution in [0.15, 0.2) is 48.0 Å². The summed E-state index contributed by atoms with van der Waals surface area (Å²) in [6.45, 7) is 5.84. The molecule has 1 N–H and O–H groups in total. The van der Waals surface area contributed by atoms with Crippen LogP contribution in [0.4, 0.5) is 17.1 Å². The van der Waals surface area contributed by atoms with Crippen molar-refractivity contribution in [3.05, 3.63) is 58.6 Å². The summed E-state index contributed by atoms with van der Waals surface area (Å²) in [6.07, 6.45) is 1.59. The van der Waals surface area contributed by atoms with Crippen molar-refractivity contribution in [1.82, 2.24) is 0 Å². The molecule has 2 saturated heterocycles. The minimum Gasteiger partial charge on any atom is -0.378 e. The zero-order valence-corrected chi connectivity index (χ0v) is 18.5. The number of ether oxygens (including phenoxy) is 2. The van der Waals surface area contributed by atoms with Crippen molar-refractivity contribution in [2.45, 2.75) is 0 Å². The highest BCUT2D eigenvalue weighted by atomic mass is 35.5. The van der Waals surface area contributed by atoms with Gasteiger partial charge in [-0.05, 0) is 42.0 Å². The Balaban J connectivity index is 1.50. The van der Waals surface area contributed by atoms with E-state index in [0.29, 0.717) is 23.9 Å². The number of amides is 1. The Kier molecular flexibility index (Phi) is 7.28. The molecule has 32 heavy (non-hydrogen) atoms. The molecule has 2 aliphatic rings. The number of carbonyl (C=O) groups is 1. The first-order chi connectivity index (χ1) is 15.6. The van der Waals surface area contributed by atoms with Crippen molar-refractivity contribution in [3.63, 3.8) is 0 Å². The number of hydrogen-bond donors (Lipinski definition) is 1.